The lowest BCUT2D eigenvalue weighted by molar-refractivity contribution is 0.241. The first kappa shape index (κ1) is 15.7. The van der Waals surface area contributed by atoms with E-state index in [1.807, 2.05) is 10.9 Å². The van der Waals surface area contributed by atoms with Crippen LogP contribution in [0, 0.1) is 6.92 Å². The first-order valence-electron chi connectivity index (χ1n) is 7.51. The molecule has 2 aromatic rings. The van der Waals surface area contributed by atoms with Crippen molar-refractivity contribution in [3.05, 3.63) is 53.3 Å². The summed E-state index contributed by atoms with van der Waals surface area (Å²) in [5.41, 5.74) is 9.78. The minimum atomic E-state index is 0.193. The average molecular weight is 286 g/mol. The number of likely N-dealkylation sites (N-methyl/N-ethyl adjacent to an activating group) is 1. The Morgan fingerprint density at radius 1 is 1.33 bits per heavy atom. The van der Waals surface area contributed by atoms with E-state index in [1.165, 1.54) is 16.7 Å². The zero-order valence-corrected chi connectivity index (χ0v) is 13.5. The van der Waals surface area contributed by atoms with Crippen molar-refractivity contribution >= 4 is 0 Å². The van der Waals surface area contributed by atoms with Crippen LogP contribution in [-0.4, -0.2) is 28.3 Å². The molecule has 1 heterocycles. The molecule has 0 saturated carbocycles. The average Bonchev–Trinajstić information content (AvgIpc) is 2.89. The summed E-state index contributed by atoms with van der Waals surface area (Å²) in [5, 5.41) is 4.42. The minimum Gasteiger partial charge on any atom is -0.329 e. The lowest BCUT2D eigenvalue weighted by atomic mass is 10.1. The number of aryl methyl sites for hydroxylation is 1. The van der Waals surface area contributed by atoms with Gasteiger partial charge in [0.2, 0.25) is 0 Å². The largest absolute Gasteiger partial charge is 0.329 e. The van der Waals surface area contributed by atoms with Crippen molar-refractivity contribution in [2.75, 3.05) is 13.6 Å². The van der Waals surface area contributed by atoms with Crippen LogP contribution in [0.15, 0.2) is 36.7 Å². The molecule has 0 amide bonds. The van der Waals surface area contributed by atoms with E-state index < -0.39 is 0 Å². The fourth-order valence-corrected chi connectivity index (χ4v) is 2.59. The van der Waals surface area contributed by atoms with Gasteiger partial charge >= 0.3 is 0 Å². The number of aromatic nitrogens is 2. The summed E-state index contributed by atoms with van der Waals surface area (Å²) in [4.78, 5) is 2.29. The third-order valence-corrected chi connectivity index (χ3v) is 3.81. The zero-order valence-electron chi connectivity index (χ0n) is 13.5. The molecule has 1 unspecified atom stereocenters. The standard InChI is InChI=1S/C17H26N4/c1-13(2)21-12-16(10-19-21)17(9-18)20(4)11-15-7-5-6-14(3)8-15/h5-8,10,12-13,17H,9,11,18H2,1-4H3. The highest BCUT2D eigenvalue weighted by Gasteiger charge is 2.18. The van der Waals surface area contributed by atoms with Gasteiger partial charge in [0.1, 0.15) is 0 Å². The van der Waals surface area contributed by atoms with Crippen LogP contribution in [0.1, 0.15) is 42.6 Å². The Bertz CT molecular complexity index is 574. The first-order valence-corrected chi connectivity index (χ1v) is 7.51. The highest BCUT2D eigenvalue weighted by molar-refractivity contribution is 5.22. The predicted molar refractivity (Wildman–Crippen MR) is 87.1 cm³/mol. The van der Waals surface area contributed by atoms with Gasteiger partial charge in [0.25, 0.3) is 0 Å². The van der Waals surface area contributed by atoms with Crippen LogP contribution in [0.2, 0.25) is 0 Å². The Labute approximate surface area is 127 Å². The normalized spacial score (nSPS) is 13.1. The summed E-state index contributed by atoms with van der Waals surface area (Å²) in [6.45, 7) is 7.86. The summed E-state index contributed by atoms with van der Waals surface area (Å²) in [6, 6.07) is 9.18. The number of hydrogen-bond acceptors (Lipinski definition) is 3. The van der Waals surface area contributed by atoms with Crippen molar-refractivity contribution in [1.82, 2.24) is 14.7 Å². The zero-order chi connectivity index (χ0) is 15.4. The molecule has 0 spiro atoms. The van der Waals surface area contributed by atoms with E-state index in [2.05, 4.69) is 68.3 Å². The molecule has 0 aliphatic rings. The van der Waals surface area contributed by atoms with Gasteiger partial charge in [0, 0.05) is 30.9 Å². The van der Waals surface area contributed by atoms with Gasteiger partial charge in [-0.25, -0.2) is 0 Å². The van der Waals surface area contributed by atoms with Crippen LogP contribution in [0.4, 0.5) is 0 Å². The van der Waals surface area contributed by atoms with Crippen LogP contribution in [0.5, 0.6) is 0 Å². The third kappa shape index (κ3) is 3.93. The highest BCUT2D eigenvalue weighted by Crippen LogP contribution is 2.21. The van der Waals surface area contributed by atoms with Gasteiger partial charge in [0.15, 0.2) is 0 Å². The van der Waals surface area contributed by atoms with Gasteiger partial charge in [-0.3, -0.25) is 9.58 Å². The van der Waals surface area contributed by atoms with Gasteiger partial charge in [-0.15, -0.1) is 0 Å². The summed E-state index contributed by atoms with van der Waals surface area (Å²) in [6.07, 6.45) is 4.04. The van der Waals surface area contributed by atoms with E-state index in [0.717, 1.165) is 6.54 Å². The van der Waals surface area contributed by atoms with E-state index in [4.69, 9.17) is 5.73 Å². The summed E-state index contributed by atoms with van der Waals surface area (Å²) in [7, 11) is 2.12. The monoisotopic (exact) mass is 286 g/mol. The van der Waals surface area contributed by atoms with Crippen molar-refractivity contribution in [3.63, 3.8) is 0 Å². The summed E-state index contributed by atoms with van der Waals surface area (Å²) in [5.74, 6) is 0. The molecule has 1 aromatic carbocycles. The second-order valence-corrected chi connectivity index (χ2v) is 6.00. The van der Waals surface area contributed by atoms with Crippen molar-refractivity contribution in [2.45, 2.75) is 39.4 Å². The molecule has 0 aliphatic carbocycles. The molecule has 114 valence electrons. The molecule has 0 radical (unpaired) electrons. The van der Waals surface area contributed by atoms with E-state index in [0.29, 0.717) is 12.6 Å². The Hall–Kier alpha value is -1.65. The van der Waals surface area contributed by atoms with Crippen LogP contribution in [0.25, 0.3) is 0 Å². The molecule has 0 saturated heterocycles. The van der Waals surface area contributed by atoms with Crippen LogP contribution in [0.3, 0.4) is 0 Å². The molecule has 1 aromatic heterocycles. The molecule has 4 nitrogen and oxygen atoms in total. The van der Waals surface area contributed by atoms with Gasteiger partial charge in [0.05, 0.1) is 12.2 Å². The van der Waals surface area contributed by atoms with Gasteiger partial charge < -0.3 is 5.73 Å². The number of benzene rings is 1. The maximum Gasteiger partial charge on any atom is 0.0538 e. The molecule has 0 bridgehead atoms. The Morgan fingerprint density at radius 2 is 2.10 bits per heavy atom. The molecule has 1 atom stereocenters. The van der Waals surface area contributed by atoms with E-state index in [9.17, 15) is 0 Å². The van der Waals surface area contributed by atoms with Crippen LogP contribution >= 0.6 is 0 Å². The van der Waals surface area contributed by atoms with Gasteiger partial charge in [-0.2, -0.15) is 5.10 Å². The Morgan fingerprint density at radius 3 is 2.67 bits per heavy atom. The molecule has 4 heteroatoms. The molecule has 21 heavy (non-hydrogen) atoms. The van der Waals surface area contributed by atoms with Crippen molar-refractivity contribution < 1.29 is 0 Å². The molecule has 0 aliphatic heterocycles. The van der Waals surface area contributed by atoms with E-state index >= 15 is 0 Å². The van der Waals surface area contributed by atoms with Crippen molar-refractivity contribution in [2.24, 2.45) is 5.73 Å². The molecular formula is C17H26N4. The lowest BCUT2D eigenvalue weighted by Crippen LogP contribution is -2.30. The summed E-state index contributed by atoms with van der Waals surface area (Å²) < 4.78 is 1.98. The van der Waals surface area contributed by atoms with Gasteiger partial charge in [-0.05, 0) is 33.4 Å². The molecule has 2 N–H and O–H groups in total. The maximum absolute atomic E-state index is 6.00. The highest BCUT2D eigenvalue weighted by atomic mass is 15.3. The maximum atomic E-state index is 6.00. The fraction of sp³-hybridized carbons (Fsp3) is 0.471. The Balaban J connectivity index is 2.12. The summed E-state index contributed by atoms with van der Waals surface area (Å²) >= 11 is 0. The Kier molecular flexibility index (Phi) is 5.15. The number of hydrogen-bond donors (Lipinski definition) is 1. The van der Waals surface area contributed by atoms with Gasteiger partial charge in [-0.1, -0.05) is 29.8 Å². The number of rotatable bonds is 6. The predicted octanol–water partition coefficient (Wildman–Crippen LogP) is 2.90. The molecule has 0 fully saturated rings. The quantitative estimate of drug-likeness (QED) is 0.888. The molecular weight excluding hydrogens is 260 g/mol. The second-order valence-electron chi connectivity index (χ2n) is 6.00. The number of nitrogens with two attached hydrogens (primary N) is 1. The van der Waals surface area contributed by atoms with E-state index in [1.54, 1.807) is 0 Å². The van der Waals surface area contributed by atoms with E-state index in [-0.39, 0.29) is 6.04 Å². The fourth-order valence-electron chi connectivity index (χ4n) is 2.59. The van der Waals surface area contributed by atoms with Crippen molar-refractivity contribution in [3.8, 4) is 0 Å². The smallest absolute Gasteiger partial charge is 0.0538 e. The first-order chi connectivity index (χ1) is 10.0. The third-order valence-electron chi connectivity index (χ3n) is 3.81. The van der Waals surface area contributed by atoms with Crippen LogP contribution < -0.4 is 5.73 Å². The van der Waals surface area contributed by atoms with Crippen LogP contribution in [-0.2, 0) is 6.54 Å². The SMILES string of the molecule is Cc1cccc(CN(C)C(CN)c2cnn(C(C)C)c2)c1. The minimum absolute atomic E-state index is 0.193. The lowest BCUT2D eigenvalue weighted by Gasteiger charge is -2.26. The van der Waals surface area contributed by atoms with Crippen molar-refractivity contribution in [1.29, 1.82) is 0 Å². The molecule has 2 rings (SSSR count). The number of nitrogens with zero attached hydrogens (tertiary/aromatic N) is 3. The topological polar surface area (TPSA) is 47.1 Å². The second kappa shape index (κ2) is 6.87.